The Balaban J connectivity index is 1.82. The second-order valence-electron chi connectivity index (χ2n) is 3.92. The number of halogens is 1. The van der Waals surface area contributed by atoms with Crippen molar-refractivity contribution in [3.8, 4) is 0 Å². The Kier molecular flexibility index (Phi) is 3.01. The second kappa shape index (κ2) is 4.26. The molecule has 1 aliphatic carbocycles. The van der Waals surface area contributed by atoms with Gasteiger partial charge in [0, 0.05) is 18.9 Å². The zero-order valence-corrected chi connectivity index (χ0v) is 9.79. The van der Waals surface area contributed by atoms with E-state index in [1.807, 2.05) is 0 Å². The normalized spacial score (nSPS) is 17.9. The summed E-state index contributed by atoms with van der Waals surface area (Å²) < 4.78 is 0.915. The smallest absolute Gasteiger partial charge is 0.222 e. The van der Waals surface area contributed by atoms with Crippen LogP contribution < -0.4 is 5.32 Å². The van der Waals surface area contributed by atoms with Gasteiger partial charge in [0.1, 0.15) is 0 Å². The van der Waals surface area contributed by atoms with Crippen LogP contribution in [0.2, 0.25) is 0 Å². The SMILES string of the molecule is CC(CNc1ncc(Br)cn1)C1CC1. The average molecular weight is 256 g/mol. The lowest BCUT2D eigenvalue weighted by Gasteiger charge is -2.10. The van der Waals surface area contributed by atoms with Crippen LogP contribution in [0, 0.1) is 11.8 Å². The Labute approximate surface area is 92.5 Å². The third-order valence-corrected chi connectivity index (χ3v) is 3.04. The number of nitrogens with one attached hydrogen (secondary N) is 1. The van der Waals surface area contributed by atoms with Crippen molar-refractivity contribution in [1.29, 1.82) is 0 Å². The number of rotatable bonds is 4. The highest BCUT2D eigenvalue weighted by Crippen LogP contribution is 2.36. The number of nitrogens with zero attached hydrogens (tertiary/aromatic N) is 2. The summed E-state index contributed by atoms with van der Waals surface area (Å²) in [5, 5.41) is 3.25. The molecule has 1 aromatic heterocycles. The van der Waals surface area contributed by atoms with Crippen LogP contribution in [0.5, 0.6) is 0 Å². The summed E-state index contributed by atoms with van der Waals surface area (Å²) in [5.74, 6) is 2.39. The Morgan fingerprint density at radius 2 is 2.14 bits per heavy atom. The van der Waals surface area contributed by atoms with Gasteiger partial charge in [0.05, 0.1) is 4.47 Å². The van der Waals surface area contributed by atoms with Gasteiger partial charge >= 0.3 is 0 Å². The molecule has 4 heteroatoms. The molecule has 3 nitrogen and oxygen atoms in total. The maximum atomic E-state index is 4.16. The van der Waals surface area contributed by atoms with E-state index < -0.39 is 0 Å². The minimum Gasteiger partial charge on any atom is -0.354 e. The molecule has 0 spiro atoms. The van der Waals surface area contributed by atoms with E-state index in [-0.39, 0.29) is 0 Å². The van der Waals surface area contributed by atoms with Gasteiger partial charge in [0.15, 0.2) is 0 Å². The van der Waals surface area contributed by atoms with Crippen molar-refractivity contribution in [3.63, 3.8) is 0 Å². The van der Waals surface area contributed by atoms with E-state index in [1.165, 1.54) is 12.8 Å². The third-order valence-electron chi connectivity index (χ3n) is 2.63. The lowest BCUT2D eigenvalue weighted by atomic mass is 10.1. The van der Waals surface area contributed by atoms with Crippen molar-refractivity contribution >= 4 is 21.9 Å². The maximum Gasteiger partial charge on any atom is 0.222 e. The summed E-state index contributed by atoms with van der Waals surface area (Å²) in [6.07, 6.45) is 6.31. The van der Waals surface area contributed by atoms with Crippen LogP contribution in [0.3, 0.4) is 0 Å². The Bertz CT molecular complexity index is 295. The van der Waals surface area contributed by atoms with Gasteiger partial charge in [-0.1, -0.05) is 6.92 Å². The Morgan fingerprint density at radius 1 is 1.50 bits per heavy atom. The molecular weight excluding hydrogens is 242 g/mol. The van der Waals surface area contributed by atoms with E-state index >= 15 is 0 Å². The van der Waals surface area contributed by atoms with Crippen molar-refractivity contribution in [2.24, 2.45) is 11.8 Å². The molecule has 1 fully saturated rings. The van der Waals surface area contributed by atoms with Gasteiger partial charge in [-0.05, 0) is 40.6 Å². The van der Waals surface area contributed by atoms with Crippen molar-refractivity contribution < 1.29 is 0 Å². The standard InChI is InChI=1S/C10H14BrN3/c1-7(8-2-3-8)4-12-10-13-5-9(11)6-14-10/h5-8H,2-4H2,1H3,(H,12,13,14). The van der Waals surface area contributed by atoms with Gasteiger partial charge in [-0.2, -0.15) is 0 Å². The van der Waals surface area contributed by atoms with E-state index in [0.717, 1.165) is 28.8 Å². The molecule has 1 aromatic rings. The zero-order chi connectivity index (χ0) is 9.97. The molecule has 0 bridgehead atoms. The van der Waals surface area contributed by atoms with Crippen LogP contribution in [0.4, 0.5) is 5.95 Å². The van der Waals surface area contributed by atoms with Crippen LogP contribution in [-0.2, 0) is 0 Å². The molecule has 1 N–H and O–H groups in total. The molecule has 14 heavy (non-hydrogen) atoms. The maximum absolute atomic E-state index is 4.16. The van der Waals surface area contributed by atoms with E-state index in [4.69, 9.17) is 0 Å². The molecule has 1 heterocycles. The minimum atomic E-state index is 0.723. The summed E-state index contributed by atoms with van der Waals surface area (Å²) in [6, 6.07) is 0. The van der Waals surface area contributed by atoms with Gasteiger partial charge in [-0.25, -0.2) is 9.97 Å². The highest BCUT2D eigenvalue weighted by Gasteiger charge is 2.27. The molecule has 2 rings (SSSR count). The second-order valence-corrected chi connectivity index (χ2v) is 4.84. The molecule has 0 aliphatic heterocycles. The molecular formula is C10H14BrN3. The molecule has 1 saturated carbocycles. The van der Waals surface area contributed by atoms with Crippen LogP contribution in [0.1, 0.15) is 19.8 Å². The largest absolute Gasteiger partial charge is 0.354 e. The molecule has 0 amide bonds. The summed E-state index contributed by atoms with van der Waals surface area (Å²) in [7, 11) is 0. The van der Waals surface area contributed by atoms with Crippen molar-refractivity contribution in [1.82, 2.24) is 9.97 Å². The molecule has 0 radical (unpaired) electrons. The summed E-state index contributed by atoms with van der Waals surface area (Å²) in [5.41, 5.74) is 0. The molecule has 1 atom stereocenters. The minimum absolute atomic E-state index is 0.723. The molecule has 1 aliphatic rings. The first-order chi connectivity index (χ1) is 6.75. The monoisotopic (exact) mass is 255 g/mol. The van der Waals surface area contributed by atoms with Crippen LogP contribution in [-0.4, -0.2) is 16.5 Å². The van der Waals surface area contributed by atoms with Crippen molar-refractivity contribution in [2.75, 3.05) is 11.9 Å². The summed E-state index contributed by atoms with van der Waals surface area (Å²) in [6.45, 7) is 3.26. The lowest BCUT2D eigenvalue weighted by molar-refractivity contribution is 0.535. The van der Waals surface area contributed by atoms with Gasteiger partial charge in [0.25, 0.3) is 0 Å². The van der Waals surface area contributed by atoms with E-state index in [9.17, 15) is 0 Å². The third kappa shape index (κ3) is 2.67. The highest BCUT2D eigenvalue weighted by atomic mass is 79.9. The van der Waals surface area contributed by atoms with E-state index in [1.54, 1.807) is 12.4 Å². The predicted molar refractivity (Wildman–Crippen MR) is 60.1 cm³/mol. The molecule has 0 saturated heterocycles. The Hall–Kier alpha value is -0.640. The fraction of sp³-hybridized carbons (Fsp3) is 0.600. The Morgan fingerprint density at radius 3 is 2.71 bits per heavy atom. The number of anilines is 1. The van der Waals surface area contributed by atoms with Gasteiger partial charge in [-0.15, -0.1) is 0 Å². The first kappa shape index (κ1) is 9.90. The molecule has 0 aromatic carbocycles. The summed E-state index contributed by atoms with van der Waals surface area (Å²) >= 11 is 3.31. The van der Waals surface area contributed by atoms with Crippen LogP contribution in [0.15, 0.2) is 16.9 Å². The first-order valence-electron chi connectivity index (χ1n) is 4.97. The predicted octanol–water partition coefficient (Wildman–Crippen LogP) is 2.70. The number of hydrogen-bond acceptors (Lipinski definition) is 3. The van der Waals surface area contributed by atoms with Crippen molar-refractivity contribution in [3.05, 3.63) is 16.9 Å². The number of aromatic nitrogens is 2. The summed E-state index contributed by atoms with van der Waals surface area (Å²) in [4.78, 5) is 8.32. The van der Waals surface area contributed by atoms with E-state index in [0.29, 0.717) is 0 Å². The van der Waals surface area contributed by atoms with Crippen LogP contribution in [0.25, 0.3) is 0 Å². The van der Waals surface area contributed by atoms with Gasteiger partial charge in [0.2, 0.25) is 5.95 Å². The fourth-order valence-corrected chi connectivity index (χ4v) is 1.69. The van der Waals surface area contributed by atoms with Crippen molar-refractivity contribution in [2.45, 2.75) is 19.8 Å². The quantitative estimate of drug-likeness (QED) is 0.900. The average Bonchev–Trinajstić information content (AvgIpc) is 3.00. The first-order valence-corrected chi connectivity index (χ1v) is 5.76. The zero-order valence-electron chi connectivity index (χ0n) is 8.20. The van der Waals surface area contributed by atoms with Crippen LogP contribution >= 0.6 is 15.9 Å². The molecule has 1 unspecified atom stereocenters. The lowest BCUT2D eigenvalue weighted by Crippen LogP contribution is -2.14. The fourth-order valence-electron chi connectivity index (χ4n) is 1.49. The van der Waals surface area contributed by atoms with Gasteiger partial charge < -0.3 is 5.32 Å². The topological polar surface area (TPSA) is 37.8 Å². The van der Waals surface area contributed by atoms with Gasteiger partial charge in [-0.3, -0.25) is 0 Å². The van der Waals surface area contributed by atoms with E-state index in [2.05, 4.69) is 38.1 Å². The number of hydrogen-bond donors (Lipinski definition) is 1. The highest BCUT2D eigenvalue weighted by molar-refractivity contribution is 9.10. The molecule has 76 valence electrons.